The second-order valence-corrected chi connectivity index (χ2v) is 4.68. The molecule has 2 unspecified atom stereocenters. The number of hydrogen-bond acceptors (Lipinski definition) is 3. The second-order valence-electron chi connectivity index (χ2n) is 4.68. The number of nitrogens with zero attached hydrogens (tertiary/aromatic N) is 2. The van der Waals surface area contributed by atoms with Gasteiger partial charge in [-0.25, -0.2) is 0 Å². The SMILES string of the molecule is CC1CN(C[C@H]2CO2)CC1N(C)C. The lowest BCUT2D eigenvalue weighted by Crippen LogP contribution is -2.34. The number of ether oxygens (including phenoxy) is 1. The Balaban J connectivity index is 1.82. The Kier molecular flexibility index (Phi) is 2.58. The van der Waals surface area contributed by atoms with E-state index < -0.39 is 0 Å². The quantitative estimate of drug-likeness (QED) is 0.587. The summed E-state index contributed by atoms with van der Waals surface area (Å²) in [5, 5.41) is 0. The molecule has 2 aliphatic rings. The zero-order valence-electron chi connectivity index (χ0n) is 8.86. The summed E-state index contributed by atoms with van der Waals surface area (Å²) in [4.78, 5) is 4.88. The van der Waals surface area contributed by atoms with Gasteiger partial charge in [0, 0.05) is 25.7 Å². The zero-order valence-corrected chi connectivity index (χ0v) is 8.86. The summed E-state index contributed by atoms with van der Waals surface area (Å²) in [6.45, 7) is 6.93. The molecule has 0 bridgehead atoms. The second kappa shape index (κ2) is 3.56. The van der Waals surface area contributed by atoms with Crippen molar-refractivity contribution in [2.24, 2.45) is 5.92 Å². The van der Waals surface area contributed by atoms with E-state index in [9.17, 15) is 0 Å². The van der Waals surface area contributed by atoms with Crippen molar-refractivity contribution in [3.63, 3.8) is 0 Å². The number of rotatable bonds is 3. The minimum absolute atomic E-state index is 0.549. The summed E-state index contributed by atoms with van der Waals surface area (Å²) < 4.78 is 5.25. The Labute approximate surface area is 80.6 Å². The molecule has 13 heavy (non-hydrogen) atoms. The minimum Gasteiger partial charge on any atom is -0.372 e. The van der Waals surface area contributed by atoms with Gasteiger partial charge in [0.2, 0.25) is 0 Å². The van der Waals surface area contributed by atoms with E-state index in [2.05, 4.69) is 30.8 Å². The van der Waals surface area contributed by atoms with E-state index in [0.717, 1.165) is 25.1 Å². The van der Waals surface area contributed by atoms with E-state index in [4.69, 9.17) is 4.74 Å². The van der Waals surface area contributed by atoms with Crippen LogP contribution in [0.3, 0.4) is 0 Å². The smallest absolute Gasteiger partial charge is 0.0936 e. The molecule has 0 aromatic heterocycles. The number of likely N-dealkylation sites (tertiary alicyclic amines) is 1. The van der Waals surface area contributed by atoms with Crippen molar-refractivity contribution < 1.29 is 4.74 Å². The molecule has 0 aromatic rings. The molecule has 0 spiro atoms. The van der Waals surface area contributed by atoms with Crippen molar-refractivity contribution in [2.75, 3.05) is 40.3 Å². The lowest BCUT2D eigenvalue weighted by molar-refractivity contribution is 0.243. The van der Waals surface area contributed by atoms with Gasteiger partial charge in [-0.15, -0.1) is 0 Å². The van der Waals surface area contributed by atoms with Crippen LogP contribution < -0.4 is 0 Å². The standard InChI is InChI=1S/C10H20N2O/c1-8-4-12(5-9-7-13-9)6-10(8)11(2)3/h8-10H,4-7H2,1-3H3/t8?,9-,10?/m0/s1. The highest BCUT2D eigenvalue weighted by Crippen LogP contribution is 2.22. The van der Waals surface area contributed by atoms with E-state index >= 15 is 0 Å². The highest BCUT2D eigenvalue weighted by atomic mass is 16.6. The first-order valence-corrected chi connectivity index (χ1v) is 5.17. The maximum absolute atomic E-state index is 5.25. The molecule has 0 amide bonds. The van der Waals surface area contributed by atoms with Crippen LogP contribution in [0.15, 0.2) is 0 Å². The van der Waals surface area contributed by atoms with E-state index in [0.29, 0.717) is 6.10 Å². The van der Waals surface area contributed by atoms with Crippen LogP contribution in [0.5, 0.6) is 0 Å². The van der Waals surface area contributed by atoms with Crippen LogP contribution in [0, 0.1) is 5.92 Å². The molecule has 0 saturated carbocycles. The van der Waals surface area contributed by atoms with Crippen molar-refractivity contribution in [2.45, 2.75) is 19.1 Å². The zero-order chi connectivity index (χ0) is 9.42. The molecule has 3 atom stereocenters. The molecule has 2 heterocycles. The van der Waals surface area contributed by atoms with Crippen LogP contribution in [0.2, 0.25) is 0 Å². The first kappa shape index (κ1) is 9.44. The fraction of sp³-hybridized carbons (Fsp3) is 1.00. The average Bonchev–Trinajstić information content (AvgIpc) is 2.75. The van der Waals surface area contributed by atoms with Gasteiger partial charge in [0.05, 0.1) is 12.7 Å². The summed E-state index contributed by atoms with van der Waals surface area (Å²) in [6, 6.07) is 0.735. The molecule has 0 radical (unpaired) electrons. The van der Waals surface area contributed by atoms with Crippen LogP contribution >= 0.6 is 0 Å². The molecular weight excluding hydrogens is 164 g/mol. The average molecular weight is 184 g/mol. The van der Waals surface area contributed by atoms with E-state index in [1.807, 2.05) is 0 Å². The van der Waals surface area contributed by atoms with E-state index in [1.165, 1.54) is 13.1 Å². The minimum atomic E-state index is 0.549. The third-order valence-corrected chi connectivity index (χ3v) is 3.18. The highest BCUT2D eigenvalue weighted by molar-refractivity contribution is 4.88. The summed E-state index contributed by atoms with van der Waals surface area (Å²) in [6.07, 6.45) is 0.549. The lowest BCUT2D eigenvalue weighted by atomic mass is 10.1. The van der Waals surface area contributed by atoms with Crippen molar-refractivity contribution in [3.8, 4) is 0 Å². The Bertz CT molecular complexity index is 180. The maximum Gasteiger partial charge on any atom is 0.0936 e. The van der Waals surface area contributed by atoms with Crippen LogP contribution in [0.4, 0.5) is 0 Å². The molecule has 0 N–H and O–H groups in total. The van der Waals surface area contributed by atoms with Crippen LogP contribution in [-0.2, 0) is 4.74 Å². The van der Waals surface area contributed by atoms with Gasteiger partial charge in [-0.05, 0) is 20.0 Å². The van der Waals surface area contributed by atoms with Gasteiger partial charge in [0.25, 0.3) is 0 Å². The fourth-order valence-electron chi connectivity index (χ4n) is 2.33. The molecule has 3 nitrogen and oxygen atoms in total. The summed E-state index contributed by atoms with van der Waals surface area (Å²) in [7, 11) is 4.36. The summed E-state index contributed by atoms with van der Waals surface area (Å²) in [5.74, 6) is 0.800. The van der Waals surface area contributed by atoms with Crippen molar-refractivity contribution in [1.29, 1.82) is 0 Å². The topological polar surface area (TPSA) is 19.0 Å². The predicted molar refractivity (Wildman–Crippen MR) is 52.8 cm³/mol. The third-order valence-electron chi connectivity index (χ3n) is 3.18. The van der Waals surface area contributed by atoms with Gasteiger partial charge in [0.15, 0.2) is 0 Å². The molecule has 2 rings (SSSR count). The monoisotopic (exact) mass is 184 g/mol. The van der Waals surface area contributed by atoms with Gasteiger partial charge >= 0.3 is 0 Å². The number of likely N-dealkylation sites (N-methyl/N-ethyl adjacent to an activating group) is 1. The number of epoxide rings is 1. The summed E-state index contributed by atoms with van der Waals surface area (Å²) in [5.41, 5.74) is 0. The maximum atomic E-state index is 5.25. The fourth-order valence-corrected chi connectivity index (χ4v) is 2.33. The normalized spacial score (nSPS) is 40.2. The largest absolute Gasteiger partial charge is 0.372 e. The van der Waals surface area contributed by atoms with Crippen LogP contribution in [0.1, 0.15) is 6.92 Å². The summed E-state index contributed by atoms with van der Waals surface area (Å²) >= 11 is 0. The lowest BCUT2D eigenvalue weighted by Gasteiger charge is -2.22. The Morgan fingerprint density at radius 3 is 2.54 bits per heavy atom. The van der Waals surface area contributed by atoms with Gasteiger partial charge in [0.1, 0.15) is 0 Å². The molecule has 0 aromatic carbocycles. The van der Waals surface area contributed by atoms with Gasteiger partial charge in [-0.1, -0.05) is 6.92 Å². The van der Waals surface area contributed by atoms with Gasteiger partial charge < -0.3 is 9.64 Å². The molecule has 2 fully saturated rings. The molecule has 3 heteroatoms. The number of hydrogen-bond donors (Lipinski definition) is 0. The molecule has 2 saturated heterocycles. The van der Waals surface area contributed by atoms with Gasteiger partial charge in [-0.3, -0.25) is 4.90 Å². The van der Waals surface area contributed by atoms with Crippen molar-refractivity contribution >= 4 is 0 Å². The molecule has 2 aliphatic heterocycles. The van der Waals surface area contributed by atoms with Crippen LogP contribution in [-0.4, -0.2) is 62.3 Å². The Morgan fingerprint density at radius 1 is 1.38 bits per heavy atom. The first-order valence-electron chi connectivity index (χ1n) is 5.17. The third kappa shape index (κ3) is 2.22. The van der Waals surface area contributed by atoms with E-state index in [-0.39, 0.29) is 0 Å². The Hall–Kier alpha value is -0.120. The molecular formula is C10H20N2O. The van der Waals surface area contributed by atoms with Gasteiger partial charge in [-0.2, -0.15) is 0 Å². The first-order chi connectivity index (χ1) is 6.16. The predicted octanol–water partition coefficient (Wildman–Crippen LogP) is 0.267. The Morgan fingerprint density at radius 2 is 2.08 bits per heavy atom. The van der Waals surface area contributed by atoms with Crippen LogP contribution in [0.25, 0.3) is 0 Å². The molecule has 76 valence electrons. The van der Waals surface area contributed by atoms with E-state index in [1.54, 1.807) is 0 Å². The molecule has 0 aliphatic carbocycles. The van der Waals surface area contributed by atoms with Crippen molar-refractivity contribution in [1.82, 2.24) is 9.80 Å². The van der Waals surface area contributed by atoms with Crippen molar-refractivity contribution in [3.05, 3.63) is 0 Å². The highest BCUT2D eigenvalue weighted by Gasteiger charge is 2.34.